The Bertz CT molecular complexity index is 640. The zero-order valence-electron chi connectivity index (χ0n) is 10.9. The summed E-state index contributed by atoms with van der Waals surface area (Å²) in [6, 6.07) is 5.63. The minimum atomic E-state index is -0.766. The van der Waals surface area contributed by atoms with Crippen molar-refractivity contribution >= 4 is 32.8 Å². The number of aromatic amines is 1. The van der Waals surface area contributed by atoms with Gasteiger partial charge in [0.05, 0.1) is 0 Å². The van der Waals surface area contributed by atoms with E-state index in [0.29, 0.717) is 13.1 Å². The average molecular weight is 338 g/mol. The number of carboxylic acid groups (broad SMARTS) is 1. The van der Waals surface area contributed by atoms with E-state index < -0.39 is 12.0 Å². The van der Waals surface area contributed by atoms with Crippen molar-refractivity contribution in [3.05, 3.63) is 34.4 Å². The molecule has 2 heterocycles. The maximum Gasteiger partial charge on any atom is 0.322 e. The fourth-order valence-corrected chi connectivity index (χ4v) is 3.04. The zero-order chi connectivity index (χ0) is 14.1. The van der Waals surface area contributed by atoms with Gasteiger partial charge in [-0.2, -0.15) is 0 Å². The lowest BCUT2D eigenvalue weighted by molar-refractivity contribution is -0.144. The summed E-state index contributed by atoms with van der Waals surface area (Å²) in [5.41, 5.74) is 2.21. The average Bonchev–Trinajstić information content (AvgIpc) is 2.82. The van der Waals surface area contributed by atoms with E-state index in [1.165, 1.54) is 0 Å². The summed E-state index contributed by atoms with van der Waals surface area (Å²) in [6.45, 7) is 2.73. The van der Waals surface area contributed by atoms with Crippen molar-refractivity contribution in [3.63, 3.8) is 0 Å². The van der Waals surface area contributed by atoms with Crippen LogP contribution in [-0.4, -0.2) is 46.6 Å². The first-order valence-electron chi connectivity index (χ1n) is 6.58. The number of H-pyrrole nitrogens is 1. The fraction of sp³-hybridized carbons (Fsp3) is 0.357. The van der Waals surface area contributed by atoms with E-state index in [9.17, 15) is 9.90 Å². The molecular formula is C14H16BrN3O2. The Morgan fingerprint density at radius 2 is 2.35 bits per heavy atom. The van der Waals surface area contributed by atoms with Crippen molar-refractivity contribution in [2.75, 3.05) is 19.6 Å². The van der Waals surface area contributed by atoms with Crippen LogP contribution in [0.5, 0.6) is 0 Å². The van der Waals surface area contributed by atoms with Crippen LogP contribution in [-0.2, 0) is 11.3 Å². The Labute approximate surface area is 125 Å². The number of aliphatic carboxylic acids is 1. The number of aromatic nitrogens is 1. The summed E-state index contributed by atoms with van der Waals surface area (Å²) < 4.78 is 1.03. The second-order valence-electron chi connectivity index (χ2n) is 5.03. The first-order valence-corrected chi connectivity index (χ1v) is 7.37. The van der Waals surface area contributed by atoms with E-state index in [0.717, 1.165) is 34.0 Å². The Hall–Kier alpha value is -1.37. The van der Waals surface area contributed by atoms with Crippen LogP contribution in [0.2, 0.25) is 0 Å². The van der Waals surface area contributed by atoms with Crippen molar-refractivity contribution in [2.24, 2.45) is 0 Å². The molecule has 1 unspecified atom stereocenters. The number of piperazine rings is 1. The van der Waals surface area contributed by atoms with E-state index in [-0.39, 0.29) is 0 Å². The Kier molecular flexibility index (Phi) is 3.78. The zero-order valence-corrected chi connectivity index (χ0v) is 12.5. The molecule has 0 bridgehead atoms. The molecule has 0 saturated carbocycles. The summed E-state index contributed by atoms with van der Waals surface area (Å²) in [7, 11) is 0. The van der Waals surface area contributed by atoms with Crippen LogP contribution >= 0.6 is 15.9 Å². The molecule has 5 nitrogen and oxygen atoms in total. The van der Waals surface area contributed by atoms with Gasteiger partial charge in [-0.1, -0.05) is 15.9 Å². The van der Waals surface area contributed by atoms with Crippen LogP contribution in [0.25, 0.3) is 10.9 Å². The summed E-state index contributed by atoms with van der Waals surface area (Å²) in [6.07, 6.45) is 1.97. The minimum Gasteiger partial charge on any atom is -0.480 e. The molecule has 0 radical (unpaired) electrons. The molecule has 2 aromatic rings. The third-order valence-corrected chi connectivity index (χ3v) is 4.24. The SMILES string of the molecule is O=C(O)C1CNCCN1Cc1c[nH]c2ccc(Br)cc12. The maximum atomic E-state index is 11.3. The highest BCUT2D eigenvalue weighted by molar-refractivity contribution is 9.10. The van der Waals surface area contributed by atoms with Gasteiger partial charge in [0.25, 0.3) is 0 Å². The summed E-state index contributed by atoms with van der Waals surface area (Å²) in [4.78, 5) is 16.6. The summed E-state index contributed by atoms with van der Waals surface area (Å²) in [5, 5.41) is 13.6. The van der Waals surface area contributed by atoms with Gasteiger partial charge in [-0.25, -0.2) is 0 Å². The van der Waals surface area contributed by atoms with Crippen molar-refractivity contribution in [1.29, 1.82) is 0 Å². The van der Waals surface area contributed by atoms with Crippen LogP contribution in [0.3, 0.4) is 0 Å². The largest absolute Gasteiger partial charge is 0.480 e. The minimum absolute atomic E-state index is 0.458. The standard InChI is InChI=1S/C14H16BrN3O2/c15-10-1-2-12-11(5-10)9(6-17-12)8-18-4-3-16-7-13(18)14(19)20/h1-2,5-6,13,16-17H,3-4,7-8H2,(H,19,20). The van der Waals surface area contributed by atoms with Crippen molar-refractivity contribution < 1.29 is 9.90 Å². The molecule has 0 spiro atoms. The lowest BCUT2D eigenvalue weighted by Crippen LogP contribution is -2.54. The predicted octanol–water partition coefficient (Wildman–Crippen LogP) is 1.79. The molecule has 3 rings (SSSR count). The molecule has 1 aromatic carbocycles. The lowest BCUT2D eigenvalue weighted by Gasteiger charge is -2.33. The molecule has 1 atom stereocenters. The number of halogens is 1. The number of rotatable bonds is 3. The molecule has 0 aliphatic carbocycles. The van der Waals surface area contributed by atoms with E-state index in [1.807, 2.05) is 23.2 Å². The molecular weight excluding hydrogens is 322 g/mol. The molecule has 1 aromatic heterocycles. The number of fused-ring (bicyclic) bond motifs is 1. The van der Waals surface area contributed by atoms with Crippen molar-refractivity contribution in [3.8, 4) is 0 Å². The number of hydrogen-bond donors (Lipinski definition) is 3. The van der Waals surface area contributed by atoms with Crippen LogP contribution in [0.4, 0.5) is 0 Å². The predicted molar refractivity (Wildman–Crippen MR) is 80.7 cm³/mol. The number of benzene rings is 1. The highest BCUT2D eigenvalue weighted by Crippen LogP contribution is 2.24. The molecule has 6 heteroatoms. The monoisotopic (exact) mass is 337 g/mol. The molecule has 1 aliphatic heterocycles. The third kappa shape index (κ3) is 2.59. The maximum absolute atomic E-state index is 11.3. The normalized spacial score (nSPS) is 20.4. The van der Waals surface area contributed by atoms with Crippen molar-refractivity contribution in [2.45, 2.75) is 12.6 Å². The van der Waals surface area contributed by atoms with Crippen molar-refractivity contribution in [1.82, 2.24) is 15.2 Å². The van der Waals surface area contributed by atoms with Gasteiger partial charge in [0, 0.05) is 47.8 Å². The highest BCUT2D eigenvalue weighted by Gasteiger charge is 2.28. The fourth-order valence-electron chi connectivity index (χ4n) is 2.68. The Morgan fingerprint density at radius 1 is 1.50 bits per heavy atom. The summed E-state index contributed by atoms with van der Waals surface area (Å²) >= 11 is 3.48. The Morgan fingerprint density at radius 3 is 3.15 bits per heavy atom. The van der Waals surface area contributed by atoms with Gasteiger partial charge in [-0.3, -0.25) is 9.69 Å². The lowest BCUT2D eigenvalue weighted by atomic mass is 10.1. The summed E-state index contributed by atoms with van der Waals surface area (Å²) in [5.74, 6) is -0.766. The van der Waals surface area contributed by atoms with Crippen LogP contribution < -0.4 is 5.32 Å². The second kappa shape index (κ2) is 5.55. The molecule has 1 fully saturated rings. The van der Waals surface area contributed by atoms with Gasteiger partial charge in [-0.05, 0) is 23.8 Å². The van der Waals surface area contributed by atoms with Crippen LogP contribution in [0.1, 0.15) is 5.56 Å². The Balaban J connectivity index is 1.88. The molecule has 1 aliphatic rings. The first-order chi connectivity index (χ1) is 9.65. The first kappa shape index (κ1) is 13.6. The smallest absolute Gasteiger partial charge is 0.322 e. The number of carbonyl (C=O) groups is 1. The van der Waals surface area contributed by atoms with E-state index in [2.05, 4.69) is 32.3 Å². The van der Waals surface area contributed by atoms with Gasteiger partial charge >= 0.3 is 5.97 Å². The number of nitrogens with one attached hydrogen (secondary N) is 2. The van der Waals surface area contributed by atoms with Gasteiger partial charge in [0.1, 0.15) is 6.04 Å². The van der Waals surface area contributed by atoms with Crippen LogP contribution in [0, 0.1) is 0 Å². The van der Waals surface area contributed by atoms with Crippen LogP contribution in [0.15, 0.2) is 28.9 Å². The third-order valence-electron chi connectivity index (χ3n) is 3.74. The van der Waals surface area contributed by atoms with Gasteiger partial charge in [-0.15, -0.1) is 0 Å². The molecule has 106 valence electrons. The highest BCUT2D eigenvalue weighted by atomic mass is 79.9. The molecule has 0 amide bonds. The van der Waals surface area contributed by atoms with E-state index >= 15 is 0 Å². The van der Waals surface area contributed by atoms with E-state index in [1.54, 1.807) is 0 Å². The number of nitrogens with zero attached hydrogens (tertiary/aromatic N) is 1. The number of carboxylic acids is 1. The molecule has 3 N–H and O–H groups in total. The quantitative estimate of drug-likeness (QED) is 0.798. The number of hydrogen-bond acceptors (Lipinski definition) is 3. The van der Waals surface area contributed by atoms with Gasteiger partial charge in [0.15, 0.2) is 0 Å². The molecule has 20 heavy (non-hydrogen) atoms. The topological polar surface area (TPSA) is 68.4 Å². The molecule has 1 saturated heterocycles. The van der Waals surface area contributed by atoms with Gasteiger partial charge in [0.2, 0.25) is 0 Å². The second-order valence-corrected chi connectivity index (χ2v) is 5.95. The van der Waals surface area contributed by atoms with Gasteiger partial charge < -0.3 is 15.4 Å². The van der Waals surface area contributed by atoms with E-state index in [4.69, 9.17) is 0 Å².